The summed E-state index contributed by atoms with van der Waals surface area (Å²) in [7, 11) is 0. The topological polar surface area (TPSA) is 72.7 Å². The lowest BCUT2D eigenvalue weighted by Gasteiger charge is -2.14. The molecular formula is C10H5F6N5O. The van der Waals surface area contributed by atoms with Gasteiger partial charge in [0.1, 0.15) is 0 Å². The molecule has 0 aliphatic rings. The summed E-state index contributed by atoms with van der Waals surface area (Å²) in [6.07, 6.45) is -8.49. The number of amides is 1. The number of nitrogens with zero attached hydrogens (tertiary/aromatic N) is 4. The first-order chi connectivity index (χ1) is 10.1. The molecule has 6 nitrogen and oxygen atoms in total. The summed E-state index contributed by atoms with van der Waals surface area (Å²) in [5.74, 6) is -1.41. The number of alkyl halides is 6. The Morgan fingerprint density at radius 1 is 1.09 bits per heavy atom. The molecule has 2 heterocycles. The van der Waals surface area contributed by atoms with Crippen LogP contribution in [0.25, 0.3) is 0 Å². The second-order valence-electron chi connectivity index (χ2n) is 3.87. The van der Waals surface area contributed by atoms with E-state index in [1.54, 1.807) is 0 Å². The summed E-state index contributed by atoms with van der Waals surface area (Å²) in [6, 6.07) is 1.20. The molecule has 0 fully saturated rings. The molecule has 22 heavy (non-hydrogen) atoms. The van der Waals surface area contributed by atoms with E-state index in [1.165, 1.54) is 6.07 Å². The maximum Gasteiger partial charge on any atom is 0.505 e. The Hall–Kier alpha value is -2.66. The van der Waals surface area contributed by atoms with Crippen LogP contribution >= 0.6 is 0 Å². The van der Waals surface area contributed by atoms with Crippen molar-refractivity contribution >= 4 is 11.6 Å². The van der Waals surface area contributed by atoms with E-state index in [0.29, 0.717) is 0 Å². The van der Waals surface area contributed by atoms with Gasteiger partial charge in [-0.05, 0) is 6.07 Å². The Balaban J connectivity index is 2.43. The molecule has 118 valence electrons. The molecule has 0 bridgehead atoms. The van der Waals surface area contributed by atoms with Crippen molar-refractivity contribution in [3.8, 4) is 0 Å². The lowest BCUT2D eigenvalue weighted by molar-refractivity contribution is -0.229. The van der Waals surface area contributed by atoms with Gasteiger partial charge < -0.3 is 5.32 Å². The summed E-state index contributed by atoms with van der Waals surface area (Å²) >= 11 is 0. The van der Waals surface area contributed by atoms with Gasteiger partial charge in [0.2, 0.25) is 0 Å². The zero-order valence-corrected chi connectivity index (χ0v) is 10.3. The van der Waals surface area contributed by atoms with E-state index in [4.69, 9.17) is 0 Å². The zero-order chi connectivity index (χ0) is 16.5. The quantitative estimate of drug-likeness (QED) is 0.861. The van der Waals surface area contributed by atoms with Crippen LogP contribution in [-0.4, -0.2) is 25.9 Å². The molecule has 0 unspecified atom stereocenters. The maximum absolute atomic E-state index is 12.8. The van der Waals surface area contributed by atoms with Crippen molar-refractivity contribution in [2.24, 2.45) is 0 Å². The molecular weight excluding hydrogens is 320 g/mol. The van der Waals surface area contributed by atoms with Gasteiger partial charge in [-0.3, -0.25) is 4.79 Å². The molecule has 12 heteroatoms. The minimum atomic E-state index is -5.42. The van der Waals surface area contributed by atoms with Gasteiger partial charge in [0.15, 0.2) is 5.69 Å². The first-order valence-electron chi connectivity index (χ1n) is 5.41. The highest BCUT2D eigenvalue weighted by Gasteiger charge is 2.47. The fourth-order valence-electron chi connectivity index (χ4n) is 1.54. The van der Waals surface area contributed by atoms with Gasteiger partial charge in [-0.15, -0.1) is 13.2 Å². The lowest BCUT2D eigenvalue weighted by Crippen LogP contribution is -2.27. The van der Waals surface area contributed by atoms with Crippen molar-refractivity contribution < 1.29 is 31.1 Å². The summed E-state index contributed by atoms with van der Waals surface area (Å²) in [5, 5.41) is 11.3. The van der Waals surface area contributed by atoms with Crippen molar-refractivity contribution in [2.45, 2.75) is 12.5 Å². The highest BCUT2D eigenvalue weighted by atomic mass is 19.4. The predicted octanol–water partition coefficient (Wildman–Crippen LogP) is 2.42. The monoisotopic (exact) mass is 325 g/mol. The number of carbonyl (C=O) groups is 1. The maximum atomic E-state index is 12.8. The minimum Gasteiger partial charge on any atom is -0.320 e. The third-order valence-corrected chi connectivity index (χ3v) is 2.36. The fourth-order valence-corrected chi connectivity index (χ4v) is 1.54. The average Bonchev–Trinajstić information content (AvgIpc) is 2.84. The van der Waals surface area contributed by atoms with E-state index in [9.17, 15) is 31.1 Å². The van der Waals surface area contributed by atoms with Crippen LogP contribution in [0.2, 0.25) is 0 Å². The number of anilines is 1. The SMILES string of the molecule is O=C(Nc1ccnnc1)c1cnn(C(F)(F)F)c1C(F)(F)F. The molecule has 0 saturated heterocycles. The molecule has 0 aliphatic carbocycles. The lowest BCUT2D eigenvalue weighted by atomic mass is 10.2. The Kier molecular flexibility index (Phi) is 3.77. The van der Waals surface area contributed by atoms with Crippen LogP contribution in [0.15, 0.2) is 24.7 Å². The standard InChI is InChI=1S/C10H5F6N5O/c11-9(12,13)7-6(4-19-21(7)10(14,15)16)8(22)20-5-1-2-17-18-3-5/h1-4H,(H,17,20,22). The van der Waals surface area contributed by atoms with Gasteiger partial charge in [-0.2, -0.15) is 33.1 Å². The number of hydrogen-bond acceptors (Lipinski definition) is 4. The zero-order valence-electron chi connectivity index (χ0n) is 10.3. The van der Waals surface area contributed by atoms with E-state index < -0.39 is 34.3 Å². The largest absolute Gasteiger partial charge is 0.505 e. The second-order valence-corrected chi connectivity index (χ2v) is 3.87. The Bertz CT molecular complexity index is 677. The first kappa shape index (κ1) is 15.7. The molecule has 0 aliphatic heterocycles. The van der Waals surface area contributed by atoms with Crippen LogP contribution in [0.1, 0.15) is 16.1 Å². The minimum absolute atomic E-state index is 0.0344. The Labute approximate surface area is 117 Å². The third-order valence-electron chi connectivity index (χ3n) is 2.36. The summed E-state index contributed by atoms with van der Waals surface area (Å²) < 4.78 is 74.8. The van der Waals surface area contributed by atoms with E-state index >= 15 is 0 Å². The van der Waals surface area contributed by atoms with E-state index in [1.807, 2.05) is 5.32 Å². The van der Waals surface area contributed by atoms with Gasteiger partial charge in [0.05, 0.1) is 29.8 Å². The Morgan fingerprint density at radius 2 is 1.77 bits per heavy atom. The summed E-state index contributed by atoms with van der Waals surface area (Å²) in [6.45, 7) is 0. The predicted molar refractivity (Wildman–Crippen MR) is 58.5 cm³/mol. The van der Waals surface area contributed by atoms with Crippen molar-refractivity contribution in [1.82, 2.24) is 20.0 Å². The van der Waals surface area contributed by atoms with Crippen LogP contribution in [0.5, 0.6) is 0 Å². The van der Waals surface area contributed by atoms with Crippen LogP contribution in [0.3, 0.4) is 0 Å². The highest BCUT2D eigenvalue weighted by molar-refractivity contribution is 6.04. The molecule has 0 radical (unpaired) electrons. The van der Waals surface area contributed by atoms with Gasteiger partial charge in [-0.1, -0.05) is 0 Å². The summed E-state index contributed by atoms with van der Waals surface area (Å²) in [4.78, 5) is 11.7. The average molecular weight is 325 g/mol. The summed E-state index contributed by atoms with van der Waals surface area (Å²) in [5.41, 5.74) is -3.51. The molecule has 1 amide bonds. The molecule has 1 N–H and O–H groups in total. The van der Waals surface area contributed by atoms with Crippen LogP contribution in [0.4, 0.5) is 32.0 Å². The number of rotatable bonds is 2. The first-order valence-corrected chi connectivity index (χ1v) is 5.41. The van der Waals surface area contributed by atoms with E-state index in [-0.39, 0.29) is 11.9 Å². The van der Waals surface area contributed by atoms with Crippen molar-refractivity contribution in [3.63, 3.8) is 0 Å². The normalized spacial score (nSPS) is 12.3. The van der Waals surface area contributed by atoms with Gasteiger partial charge in [0, 0.05) is 0 Å². The number of carbonyl (C=O) groups excluding carboxylic acids is 1. The van der Waals surface area contributed by atoms with E-state index in [2.05, 4.69) is 15.3 Å². The van der Waals surface area contributed by atoms with Crippen molar-refractivity contribution in [1.29, 1.82) is 0 Å². The smallest absolute Gasteiger partial charge is 0.320 e. The van der Waals surface area contributed by atoms with Crippen molar-refractivity contribution in [3.05, 3.63) is 35.9 Å². The molecule has 2 aromatic rings. The van der Waals surface area contributed by atoms with Crippen LogP contribution in [-0.2, 0) is 12.5 Å². The van der Waals surface area contributed by atoms with E-state index in [0.717, 1.165) is 12.4 Å². The molecule has 2 rings (SSSR count). The molecule has 0 atom stereocenters. The Morgan fingerprint density at radius 3 is 2.27 bits per heavy atom. The van der Waals surface area contributed by atoms with Crippen LogP contribution < -0.4 is 5.32 Å². The molecule has 0 aromatic carbocycles. The number of hydrogen-bond donors (Lipinski definition) is 1. The van der Waals surface area contributed by atoms with Gasteiger partial charge in [0.25, 0.3) is 5.91 Å². The molecule has 0 saturated carbocycles. The molecule has 0 spiro atoms. The van der Waals surface area contributed by atoms with Crippen molar-refractivity contribution in [2.75, 3.05) is 5.32 Å². The number of halogens is 6. The molecule has 2 aromatic heterocycles. The van der Waals surface area contributed by atoms with Crippen LogP contribution in [0, 0.1) is 0 Å². The number of aromatic nitrogens is 4. The van der Waals surface area contributed by atoms with Gasteiger partial charge >= 0.3 is 12.5 Å². The second kappa shape index (κ2) is 5.27. The fraction of sp³-hybridized carbons (Fsp3) is 0.200. The third kappa shape index (κ3) is 3.15. The number of nitrogens with one attached hydrogen (secondary N) is 1. The highest BCUT2D eigenvalue weighted by Crippen LogP contribution is 2.36. The van der Waals surface area contributed by atoms with Gasteiger partial charge in [-0.25, -0.2) is 0 Å².